The first kappa shape index (κ1) is 17.3. The second-order valence-corrected chi connectivity index (χ2v) is 7.44. The summed E-state index contributed by atoms with van der Waals surface area (Å²) in [6.07, 6.45) is 0.111. The molecular formula is C15H15NO5S2. The predicted octanol–water partition coefficient (Wildman–Crippen LogP) is 2.12. The van der Waals surface area contributed by atoms with Gasteiger partial charge < -0.3 is 5.11 Å². The van der Waals surface area contributed by atoms with E-state index in [1.165, 1.54) is 35.6 Å². The molecule has 1 heterocycles. The number of carbonyl (C=O) groups is 2. The molecule has 122 valence electrons. The van der Waals surface area contributed by atoms with Crippen LogP contribution in [0.3, 0.4) is 0 Å². The fraction of sp³-hybridized carbons (Fsp3) is 0.200. The minimum atomic E-state index is -3.71. The highest BCUT2D eigenvalue weighted by Crippen LogP contribution is 2.17. The molecule has 1 aromatic carbocycles. The van der Waals surface area contributed by atoms with Gasteiger partial charge in [-0.25, -0.2) is 13.1 Å². The van der Waals surface area contributed by atoms with Crippen LogP contribution in [-0.2, 0) is 14.8 Å². The molecule has 0 aliphatic carbocycles. The largest absolute Gasteiger partial charge is 0.481 e. The Kier molecular flexibility index (Phi) is 5.64. The lowest BCUT2D eigenvalue weighted by Gasteiger charge is -2.06. The number of carbonyl (C=O) groups excluding carboxylic acids is 1. The minimum absolute atomic E-state index is 0.0376. The number of ketones is 1. The van der Waals surface area contributed by atoms with Crippen molar-refractivity contribution in [3.63, 3.8) is 0 Å². The molecule has 2 aromatic rings. The van der Waals surface area contributed by atoms with E-state index in [9.17, 15) is 18.0 Å². The van der Waals surface area contributed by atoms with E-state index in [1.54, 1.807) is 17.5 Å². The number of aliphatic carboxylic acids is 1. The van der Waals surface area contributed by atoms with Crippen molar-refractivity contribution in [2.45, 2.75) is 17.7 Å². The van der Waals surface area contributed by atoms with Gasteiger partial charge in [0.05, 0.1) is 9.77 Å². The fourth-order valence-corrected chi connectivity index (χ4v) is 3.62. The van der Waals surface area contributed by atoms with Gasteiger partial charge in [0, 0.05) is 18.5 Å². The van der Waals surface area contributed by atoms with E-state index >= 15 is 0 Å². The van der Waals surface area contributed by atoms with Crippen molar-refractivity contribution in [1.82, 2.24) is 4.72 Å². The molecule has 0 amide bonds. The van der Waals surface area contributed by atoms with Crippen molar-refractivity contribution < 1.29 is 23.1 Å². The third kappa shape index (κ3) is 4.72. The van der Waals surface area contributed by atoms with E-state index in [0.29, 0.717) is 10.4 Å². The molecule has 0 fully saturated rings. The highest BCUT2D eigenvalue weighted by molar-refractivity contribution is 7.89. The van der Waals surface area contributed by atoms with Crippen LogP contribution < -0.4 is 4.72 Å². The summed E-state index contributed by atoms with van der Waals surface area (Å²) in [6.45, 7) is 0.0461. The first-order valence-electron chi connectivity index (χ1n) is 6.80. The third-order valence-corrected chi connectivity index (χ3v) is 5.38. The molecule has 0 atom stereocenters. The first-order valence-corrected chi connectivity index (χ1v) is 9.16. The van der Waals surface area contributed by atoms with Crippen molar-refractivity contribution in [3.8, 4) is 0 Å². The molecule has 0 aliphatic rings. The van der Waals surface area contributed by atoms with E-state index in [0.717, 1.165) is 0 Å². The van der Waals surface area contributed by atoms with Gasteiger partial charge in [-0.1, -0.05) is 6.07 Å². The quantitative estimate of drug-likeness (QED) is 0.559. The maximum absolute atomic E-state index is 12.1. The monoisotopic (exact) mass is 353 g/mol. The van der Waals surface area contributed by atoms with Crippen LogP contribution in [0.25, 0.3) is 0 Å². The Morgan fingerprint density at radius 2 is 1.83 bits per heavy atom. The third-order valence-electron chi connectivity index (χ3n) is 3.03. The van der Waals surface area contributed by atoms with Gasteiger partial charge in [-0.3, -0.25) is 9.59 Å². The average molecular weight is 353 g/mol. The lowest BCUT2D eigenvalue weighted by Crippen LogP contribution is -2.25. The number of nitrogens with one attached hydrogen (secondary N) is 1. The normalized spacial score (nSPS) is 11.3. The van der Waals surface area contributed by atoms with Gasteiger partial charge in [0.25, 0.3) is 0 Å². The second kappa shape index (κ2) is 7.49. The number of rotatable bonds is 8. The van der Waals surface area contributed by atoms with E-state index in [2.05, 4.69) is 4.72 Å². The molecule has 2 N–H and O–H groups in total. The van der Waals surface area contributed by atoms with Crippen LogP contribution in [0.1, 0.15) is 28.1 Å². The SMILES string of the molecule is O=C(O)CCCNS(=O)(=O)c1ccc(C(=O)c2cccs2)cc1. The molecule has 23 heavy (non-hydrogen) atoms. The Bertz CT molecular complexity index is 780. The number of thiophene rings is 1. The fourth-order valence-electron chi connectivity index (χ4n) is 1.86. The van der Waals surface area contributed by atoms with Crippen molar-refractivity contribution in [2.24, 2.45) is 0 Å². The Hall–Kier alpha value is -2.03. The zero-order chi connectivity index (χ0) is 16.9. The molecule has 0 saturated heterocycles. The molecule has 8 heteroatoms. The predicted molar refractivity (Wildman–Crippen MR) is 86.3 cm³/mol. The molecule has 6 nitrogen and oxygen atoms in total. The van der Waals surface area contributed by atoms with Crippen LogP contribution in [0.15, 0.2) is 46.7 Å². The summed E-state index contributed by atoms with van der Waals surface area (Å²) in [4.78, 5) is 23.1. The summed E-state index contributed by atoms with van der Waals surface area (Å²) in [5.74, 6) is -1.13. The first-order chi connectivity index (χ1) is 10.9. The number of benzene rings is 1. The van der Waals surface area contributed by atoms with Gasteiger partial charge in [0.1, 0.15) is 0 Å². The van der Waals surface area contributed by atoms with Crippen LogP contribution in [-0.4, -0.2) is 31.8 Å². The summed E-state index contributed by atoms with van der Waals surface area (Å²) in [5, 5.41) is 10.3. The lowest BCUT2D eigenvalue weighted by atomic mass is 10.1. The van der Waals surface area contributed by atoms with Crippen molar-refractivity contribution in [2.75, 3.05) is 6.54 Å². The molecule has 0 bridgehead atoms. The van der Waals surface area contributed by atoms with Gasteiger partial charge in [-0.15, -0.1) is 11.3 Å². The van der Waals surface area contributed by atoms with E-state index in [-0.39, 0.29) is 30.1 Å². The topological polar surface area (TPSA) is 101 Å². The molecule has 1 aromatic heterocycles. The molecule has 0 unspecified atom stereocenters. The molecular weight excluding hydrogens is 338 g/mol. The van der Waals surface area contributed by atoms with Gasteiger partial charge in [-0.05, 0) is 42.1 Å². The number of carboxylic acids is 1. The average Bonchev–Trinajstić information content (AvgIpc) is 3.05. The summed E-state index contributed by atoms with van der Waals surface area (Å²) in [6, 6.07) is 9.14. The number of sulfonamides is 1. The Balaban J connectivity index is 2.03. The summed E-state index contributed by atoms with van der Waals surface area (Å²) < 4.78 is 26.4. The van der Waals surface area contributed by atoms with Crippen molar-refractivity contribution in [1.29, 1.82) is 0 Å². The summed E-state index contributed by atoms with van der Waals surface area (Å²) in [7, 11) is -3.71. The Morgan fingerprint density at radius 1 is 1.13 bits per heavy atom. The Morgan fingerprint density at radius 3 is 2.39 bits per heavy atom. The van der Waals surface area contributed by atoms with Crippen molar-refractivity contribution in [3.05, 3.63) is 52.2 Å². The van der Waals surface area contributed by atoms with Gasteiger partial charge in [0.2, 0.25) is 15.8 Å². The van der Waals surface area contributed by atoms with E-state index in [4.69, 9.17) is 5.11 Å². The molecule has 2 rings (SSSR count). The second-order valence-electron chi connectivity index (χ2n) is 4.73. The maximum Gasteiger partial charge on any atom is 0.303 e. The zero-order valence-corrected chi connectivity index (χ0v) is 13.7. The highest BCUT2D eigenvalue weighted by atomic mass is 32.2. The summed E-state index contributed by atoms with van der Waals surface area (Å²) in [5.41, 5.74) is 0.414. The van der Waals surface area contributed by atoms with E-state index in [1.807, 2.05) is 0 Å². The molecule has 0 spiro atoms. The van der Waals surface area contributed by atoms with Gasteiger partial charge in [0.15, 0.2) is 0 Å². The molecule has 0 saturated carbocycles. The van der Waals surface area contributed by atoms with Crippen LogP contribution in [0.4, 0.5) is 0 Å². The van der Waals surface area contributed by atoms with Crippen molar-refractivity contribution >= 4 is 33.1 Å². The van der Waals surface area contributed by atoms with Crippen LogP contribution in [0.5, 0.6) is 0 Å². The van der Waals surface area contributed by atoms with Gasteiger partial charge >= 0.3 is 5.97 Å². The Labute approximate surface area is 137 Å². The van der Waals surface area contributed by atoms with Crippen LogP contribution in [0.2, 0.25) is 0 Å². The van der Waals surface area contributed by atoms with E-state index < -0.39 is 16.0 Å². The summed E-state index contributed by atoms with van der Waals surface area (Å²) >= 11 is 1.32. The number of carboxylic acid groups (broad SMARTS) is 1. The minimum Gasteiger partial charge on any atom is -0.481 e. The van der Waals surface area contributed by atoms with Crippen LogP contribution in [0, 0.1) is 0 Å². The zero-order valence-electron chi connectivity index (χ0n) is 12.1. The molecule has 0 aliphatic heterocycles. The standard InChI is InChI=1S/C15H15NO5S2/c17-14(18)4-1-9-16-23(20,21)12-7-5-11(6-8-12)15(19)13-3-2-10-22-13/h2-3,5-8,10,16H,1,4,9H2,(H,17,18). The molecule has 0 radical (unpaired) electrons. The lowest BCUT2D eigenvalue weighted by molar-refractivity contribution is -0.137. The number of hydrogen-bond acceptors (Lipinski definition) is 5. The van der Waals surface area contributed by atoms with Crippen LogP contribution >= 0.6 is 11.3 Å². The van der Waals surface area contributed by atoms with Gasteiger partial charge in [-0.2, -0.15) is 0 Å². The highest BCUT2D eigenvalue weighted by Gasteiger charge is 2.15. The number of hydrogen-bond donors (Lipinski definition) is 2. The maximum atomic E-state index is 12.1. The smallest absolute Gasteiger partial charge is 0.303 e.